The zero-order valence-corrected chi connectivity index (χ0v) is 12.1. The molecule has 0 radical (unpaired) electrons. The summed E-state index contributed by atoms with van der Waals surface area (Å²) in [4.78, 5) is 10.6. The monoisotopic (exact) mass is 256 g/mol. The number of rotatable bonds is 2. The molecule has 0 amide bonds. The van der Waals surface area contributed by atoms with Gasteiger partial charge in [0.2, 0.25) is 0 Å². The van der Waals surface area contributed by atoms with Crippen molar-refractivity contribution in [1.82, 2.24) is 0 Å². The van der Waals surface area contributed by atoms with Gasteiger partial charge in [-0.2, -0.15) is 0 Å². The first-order valence-corrected chi connectivity index (χ1v) is 9.89. The van der Waals surface area contributed by atoms with Crippen LogP contribution in [0, 0.1) is 0 Å². The Hall–Kier alpha value is -1.26. The van der Waals surface area contributed by atoms with Crippen molar-refractivity contribution in [1.29, 1.82) is 0 Å². The van der Waals surface area contributed by atoms with Gasteiger partial charge in [0.1, 0.15) is 0 Å². The van der Waals surface area contributed by atoms with E-state index in [1.807, 2.05) is 0 Å². The molecule has 2 aliphatic rings. The van der Waals surface area contributed by atoms with Crippen LogP contribution in [0.15, 0.2) is 30.4 Å². The minimum Gasteiger partial charge on any atom is -0.354 e. The van der Waals surface area contributed by atoms with Crippen LogP contribution in [0.3, 0.4) is 0 Å². The van der Waals surface area contributed by atoms with E-state index >= 15 is 0 Å². The van der Waals surface area contributed by atoms with E-state index in [2.05, 4.69) is 50.0 Å². The third-order valence-corrected chi connectivity index (χ3v) is 5.53. The molecule has 0 spiro atoms. The van der Waals surface area contributed by atoms with Gasteiger partial charge < -0.3 is 4.89 Å². The van der Waals surface area contributed by atoms with Crippen LogP contribution in [0.5, 0.6) is 5.75 Å². The van der Waals surface area contributed by atoms with Gasteiger partial charge in [0.15, 0.2) is 5.75 Å². The molecule has 18 heavy (non-hydrogen) atoms. The lowest BCUT2D eigenvalue weighted by Crippen LogP contribution is -2.41. The van der Waals surface area contributed by atoms with E-state index in [1.165, 1.54) is 21.8 Å². The molecule has 0 aromatic heterocycles. The van der Waals surface area contributed by atoms with Gasteiger partial charge in [-0.3, -0.25) is 4.81 Å². The molecule has 4 heteroatoms. The molecule has 1 aromatic rings. The fourth-order valence-corrected chi connectivity index (χ4v) is 4.17. The van der Waals surface area contributed by atoms with Gasteiger partial charge in [-0.15, -0.1) is 0 Å². The molecule has 1 heterocycles. The summed E-state index contributed by atoms with van der Waals surface area (Å²) in [6.07, 6.45) is 7.51. The third-order valence-electron chi connectivity index (χ3n) is 3.50. The Morgan fingerprint density at radius 2 is 2.06 bits per heavy atom. The van der Waals surface area contributed by atoms with E-state index < -0.39 is 8.07 Å². The Kier molecular flexibility index (Phi) is 2.72. The molecule has 0 saturated carbocycles. The summed E-state index contributed by atoms with van der Waals surface area (Å²) >= 11 is 0. The highest BCUT2D eigenvalue weighted by Gasteiger charge is 2.29. The number of hydrogen-bond acceptors (Lipinski definition) is 2. The second-order valence-corrected chi connectivity index (χ2v) is 10.9. The van der Waals surface area contributed by atoms with Crippen molar-refractivity contribution in [3.63, 3.8) is 0 Å². The Morgan fingerprint density at radius 3 is 2.72 bits per heavy atom. The lowest BCUT2D eigenvalue weighted by molar-refractivity contribution is -0.0862. The predicted molar refractivity (Wildman–Crippen MR) is 79.7 cm³/mol. The zero-order valence-electron chi connectivity index (χ0n) is 11.1. The van der Waals surface area contributed by atoms with Crippen LogP contribution in [0.1, 0.15) is 12.0 Å². The summed E-state index contributed by atoms with van der Waals surface area (Å²) in [5, 5.41) is 1.46. The Balaban J connectivity index is 2.21. The molecule has 0 bridgehead atoms. The van der Waals surface area contributed by atoms with Crippen molar-refractivity contribution in [2.45, 2.75) is 26.1 Å². The first-order chi connectivity index (χ1) is 8.57. The van der Waals surface area contributed by atoms with E-state index in [-0.39, 0.29) is 0 Å². The molecule has 0 saturated heterocycles. The molecular formula is C14H17BO2Si. The van der Waals surface area contributed by atoms with Gasteiger partial charge >= 0.3 is 7.48 Å². The summed E-state index contributed by atoms with van der Waals surface area (Å²) in [5.41, 5.74) is 3.81. The summed E-state index contributed by atoms with van der Waals surface area (Å²) in [6.45, 7) is 7.12. The first-order valence-electron chi connectivity index (χ1n) is 6.39. The van der Waals surface area contributed by atoms with Crippen molar-refractivity contribution in [2.24, 2.45) is 0 Å². The minimum absolute atomic E-state index is 0.565. The second kappa shape index (κ2) is 4.14. The quantitative estimate of drug-likeness (QED) is 0.594. The van der Waals surface area contributed by atoms with Crippen LogP contribution in [0.25, 0.3) is 5.57 Å². The number of benzene rings is 1. The normalized spacial score (nSPS) is 17.2. The van der Waals surface area contributed by atoms with E-state index in [1.54, 1.807) is 0 Å². The van der Waals surface area contributed by atoms with Crippen LogP contribution in [-0.2, 0) is 4.81 Å². The fourth-order valence-electron chi connectivity index (χ4n) is 2.56. The largest absolute Gasteiger partial charge is 0.376 e. The highest BCUT2D eigenvalue weighted by molar-refractivity contribution is 6.89. The van der Waals surface area contributed by atoms with Crippen molar-refractivity contribution < 1.29 is 9.69 Å². The maximum Gasteiger partial charge on any atom is 0.376 e. The topological polar surface area (TPSA) is 18.5 Å². The smallest absolute Gasteiger partial charge is 0.354 e. The van der Waals surface area contributed by atoms with E-state index in [4.69, 9.17) is 9.69 Å². The van der Waals surface area contributed by atoms with Gasteiger partial charge in [0.25, 0.3) is 0 Å². The maximum absolute atomic E-state index is 5.43. The fraction of sp³-hybridized carbons (Fsp3) is 0.286. The van der Waals surface area contributed by atoms with Crippen LogP contribution < -0.4 is 15.5 Å². The highest BCUT2D eigenvalue weighted by atomic mass is 28.3. The standard InChI is InChI=1S/C14H17BO2Si/c1-18(2,3)12-9-8-11-14(16-17-15-11)13(12)10-6-4-5-7-10/h4-6,8-9,15H,7H2,1-3H3. The maximum atomic E-state index is 5.43. The van der Waals surface area contributed by atoms with Gasteiger partial charge in [-0.25, -0.2) is 0 Å². The molecule has 0 N–H and O–H groups in total. The van der Waals surface area contributed by atoms with Gasteiger partial charge in [0, 0.05) is 5.56 Å². The minimum atomic E-state index is -1.39. The highest BCUT2D eigenvalue weighted by Crippen LogP contribution is 2.31. The van der Waals surface area contributed by atoms with Crippen LogP contribution >= 0.6 is 0 Å². The summed E-state index contributed by atoms with van der Waals surface area (Å²) in [5.74, 6) is 0.949. The van der Waals surface area contributed by atoms with Crippen molar-refractivity contribution in [3.05, 3.63) is 35.9 Å². The molecule has 1 aliphatic heterocycles. The number of allylic oxidation sites excluding steroid dienone is 4. The molecular weight excluding hydrogens is 239 g/mol. The van der Waals surface area contributed by atoms with Crippen molar-refractivity contribution >= 4 is 31.8 Å². The van der Waals surface area contributed by atoms with Crippen LogP contribution in [0.2, 0.25) is 19.6 Å². The Labute approximate surface area is 110 Å². The number of hydrogen-bond donors (Lipinski definition) is 0. The van der Waals surface area contributed by atoms with Crippen LogP contribution in [0.4, 0.5) is 0 Å². The molecule has 1 aromatic carbocycles. The predicted octanol–water partition coefficient (Wildman–Crippen LogP) is 1.88. The molecule has 0 atom stereocenters. The lowest BCUT2D eigenvalue weighted by atomic mass is 9.85. The Bertz CT molecular complexity index is 556. The first kappa shape index (κ1) is 11.8. The van der Waals surface area contributed by atoms with E-state index in [0.29, 0.717) is 7.48 Å². The lowest BCUT2D eigenvalue weighted by Gasteiger charge is -2.23. The average molecular weight is 256 g/mol. The van der Waals surface area contributed by atoms with Gasteiger partial charge in [0.05, 0.1) is 8.07 Å². The molecule has 2 nitrogen and oxygen atoms in total. The number of fused-ring (bicyclic) bond motifs is 1. The Morgan fingerprint density at radius 1 is 1.22 bits per heavy atom. The summed E-state index contributed by atoms with van der Waals surface area (Å²) < 4.78 is 0. The average Bonchev–Trinajstić information content (AvgIpc) is 2.97. The summed E-state index contributed by atoms with van der Waals surface area (Å²) in [7, 11) is -0.828. The molecule has 0 unspecified atom stereocenters. The zero-order chi connectivity index (χ0) is 12.8. The molecule has 0 fully saturated rings. The van der Waals surface area contributed by atoms with Gasteiger partial charge in [-0.05, 0) is 22.6 Å². The summed E-state index contributed by atoms with van der Waals surface area (Å²) in [6, 6.07) is 4.43. The van der Waals surface area contributed by atoms with Crippen molar-refractivity contribution in [3.8, 4) is 5.75 Å². The van der Waals surface area contributed by atoms with E-state index in [0.717, 1.165) is 12.2 Å². The van der Waals surface area contributed by atoms with Gasteiger partial charge in [-0.1, -0.05) is 50.0 Å². The SMILES string of the molecule is C[Si](C)(C)c1ccc2c(c1C1=CC=CC1)OOB2. The third kappa shape index (κ3) is 1.85. The second-order valence-electron chi connectivity index (χ2n) is 5.90. The molecule has 1 aliphatic carbocycles. The van der Waals surface area contributed by atoms with Crippen LogP contribution in [-0.4, -0.2) is 15.6 Å². The van der Waals surface area contributed by atoms with Crippen molar-refractivity contribution in [2.75, 3.05) is 0 Å². The molecule has 3 rings (SSSR count). The molecule has 92 valence electrons. The van der Waals surface area contributed by atoms with E-state index in [9.17, 15) is 0 Å².